The second-order valence-corrected chi connectivity index (χ2v) is 5.73. The van der Waals surface area contributed by atoms with Gasteiger partial charge in [0.2, 0.25) is 0 Å². The lowest BCUT2D eigenvalue weighted by Crippen LogP contribution is -2.29. The quantitative estimate of drug-likeness (QED) is 0.877. The van der Waals surface area contributed by atoms with Crippen LogP contribution in [-0.4, -0.2) is 32.2 Å². The molecule has 2 N–H and O–H groups in total. The van der Waals surface area contributed by atoms with E-state index in [0.29, 0.717) is 29.2 Å². The van der Waals surface area contributed by atoms with Crippen molar-refractivity contribution in [3.8, 4) is 6.07 Å². The summed E-state index contributed by atoms with van der Waals surface area (Å²) in [7, 11) is 0. The molecule has 0 fully saturated rings. The van der Waals surface area contributed by atoms with E-state index in [1.54, 1.807) is 49.7 Å². The van der Waals surface area contributed by atoms with Crippen molar-refractivity contribution in [3.63, 3.8) is 0 Å². The molecule has 0 saturated carbocycles. The van der Waals surface area contributed by atoms with Crippen molar-refractivity contribution < 1.29 is 15.0 Å². The molecule has 1 aromatic heterocycles. The highest BCUT2D eigenvalue weighted by Gasteiger charge is 2.23. The van der Waals surface area contributed by atoms with Gasteiger partial charge in [0.1, 0.15) is 0 Å². The van der Waals surface area contributed by atoms with Crippen LogP contribution in [0, 0.1) is 25.2 Å². The Morgan fingerprint density at radius 2 is 2.17 bits per heavy atom. The van der Waals surface area contributed by atoms with Crippen molar-refractivity contribution in [1.29, 1.82) is 5.26 Å². The van der Waals surface area contributed by atoms with E-state index in [9.17, 15) is 15.0 Å². The molecule has 0 spiro atoms. The van der Waals surface area contributed by atoms with Crippen molar-refractivity contribution in [2.45, 2.75) is 40.0 Å². The number of aliphatic hydroxyl groups is 1. The number of anilines is 1. The molecule has 1 unspecified atom stereocenters. The molecule has 126 valence electrons. The number of benzene rings is 1. The molecule has 2 rings (SSSR count). The molecule has 1 heterocycles. The summed E-state index contributed by atoms with van der Waals surface area (Å²) in [5.74, 6) is 0. The lowest BCUT2D eigenvalue weighted by molar-refractivity contribution is 0.167. The fourth-order valence-electron chi connectivity index (χ4n) is 2.67. The van der Waals surface area contributed by atoms with E-state index < -0.39 is 12.2 Å². The molecule has 2 aromatic rings. The Kier molecular flexibility index (Phi) is 5.21. The van der Waals surface area contributed by atoms with Crippen molar-refractivity contribution in [2.75, 3.05) is 4.90 Å². The van der Waals surface area contributed by atoms with E-state index in [2.05, 4.69) is 5.10 Å². The van der Waals surface area contributed by atoms with Crippen LogP contribution in [0.2, 0.25) is 0 Å². The van der Waals surface area contributed by atoms with Crippen molar-refractivity contribution in [1.82, 2.24) is 9.78 Å². The normalized spacial score (nSPS) is 11.8. The standard InChI is InChI=1S/C17H20N4O3/c1-11(22)9-21-13(3)16(12(2)19-21)20(17(23)24)10-15-6-4-5-14(7-15)8-18/h4-7,11,22H,9-10H2,1-3H3,(H,23,24). The van der Waals surface area contributed by atoms with Gasteiger partial charge in [-0.05, 0) is 38.5 Å². The van der Waals surface area contributed by atoms with Gasteiger partial charge < -0.3 is 10.2 Å². The highest BCUT2D eigenvalue weighted by molar-refractivity contribution is 5.87. The van der Waals surface area contributed by atoms with Gasteiger partial charge in [-0.3, -0.25) is 9.58 Å². The third-order valence-electron chi connectivity index (χ3n) is 3.68. The highest BCUT2D eigenvalue weighted by atomic mass is 16.4. The number of carboxylic acid groups (broad SMARTS) is 1. The minimum Gasteiger partial charge on any atom is -0.465 e. The molecule has 1 aromatic carbocycles. The number of aromatic nitrogens is 2. The van der Waals surface area contributed by atoms with Gasteiger partial charge in [0, 0.05) is 0 Å². The summed E-state index contributed by atoms with van der Waals surface area (Å²) in [5.41, 5.74) is 2.96. The number of hydrogen-bond donors (Lipinski definition) is 2. The van der Waals surface area contributed by atoms with Crippen LogP contribution in [0.25, 0.3) is 0 Å². The van der Waals surface area contributed by atoms with E-state index in [4.69, 9.17) is 5.26 Å². The molecule has 1 atom stereocenters. The van der Waals surface area contributed by atoms with Crippen LogP contribution in [0.3, 0.4) is 0 Å². The zero-order valence-corrected chi connectivity index (χ0v) is 13.9. The molecule has 0 aliphatic rings. The van der Waals surface area contributed by atoms with Gasteiger partial charge in [-0.25, -0.2) is 4.79 Å². The summed E-state index contributed by atoms with van der Waals surface area (Å²) in [4.78, 5) is 13.0. The topological polar surface area (TPSA) is 102 Å². The van der Waals surface area contributed by atoms with Gasteiger partial charge in [-0.15, -0.1) is 0 Å². The lowest BCUT2D eigenvalue weighted by Gasteiger charge is -2.20. The first-order valence-electron chi connectivity index (χ1n) is 7.55. The van der Waals surface area contributed by atoms with Crippen LogP contribution >= 0.6 is 0 Å². The lowest BCUT2D eigenvalue weighted by atomic mass is 10.1. The summed E-state index contributed by atoms with van der Waals surface area (Å²) in [6, 6.07) is 8.89. The molecule has 7 heteroatoms. The van der Waals surface area contributed by atoms with E-state index in [1.807, 2.05) is 6.07 Å². The van der Waals surface area contributed by atoms with Gasteiger partial charge in [-0.2, -0.15) is 10.4 Å². The Hall–Kier alpha value is -2.85. The predicted octanol–water partition coefficient (Wildman–Crippen LogP) is 2.44. The van der Waals surface area contributed by atoms with Crippen LogP contribution in [0.5, 0.6) is 0 Å². The first kappa shape index (κ1) is 17.5. The summed E-state index contributed by atoms with van der Waals surface area (Å²) in [6.45, 7) is 5.58. The van der Waals surface area contributed by atoms with Gasteiger partial charge in [-0.1, -0.05) is 12.1 Å². The largest absolute Gasteiger partial charge is 0.465 e. The Morgan fingerprint density at radius 3 is 2.75 bits per heavy atom. The van der Waals surface area contributed by atoms with Crippen LogP contribution in [0.1, 0.15) is 29.4 Å². The van der Waals surface area contributed by atoms with E-state index in [0.717, 1.165) is 5.56 Å². The monoisotopic (exact) mass is 328 g/mol. The fourth-order valence-corrected chi connectivity index (χ4v) is 2.67. The first-order valence-corrected chi connectivity index (χ1v) is 7.55. The van der Waals surface area contributed by atoms with E-state index in [-0.39, 0.29) is 6.54 Å². The average Bonchev–Trinajstić information content (AvgIpc) is 2.78. The Morgan fingerprint density at radius 1 is 1.46 bits per heavy atom. The minimum absolute atomic E-state index is 0.118. The second-order valence-electron chi connectivity index (χ2n) is 5.73. The predicted molar refractivity (Wildman–Crippen MR) is 88.7 cm³/mol. The van der Waals surface area contributed by atoms with Crippen LogP contribution in [0.15, 0.2) is 24.3 Å². The molecule has 0 aliphatic heterocycles. The summed E-state index contributed by atoms with van der Waals surface area (Å²) in [5, 5.41) is 32.5. The van der Waals surface area contributed by atoms with E-state index >= 15 is 0 Å². The van der Waals surface area contributed by atoms with Crippen molar-refractivity contribution in [2.24, 2.45) is 0 Å². The minimum atomic E-state index is -1.10. The maximum absolute atomic E-state index is 11.8. The number of aliphatic hydroxyl groups excluding tert-OH is 1. The molecular formula is C17H20N4O3. The molecule has 7 nitrogen and oxygen atoms in total. The van der Waals surface area contributed by atoms with Crippen LogP contribution in [-0.2, 0) is 13.1 Å². The average molecular weight is 328 g/mol. The molecule has 0 radical (unpaired) electrons. The number of nitriles is 1. The maximum atomic E-state index is 11.8. The van der Waals surface area contributed by atoms with Crippen LogP contribution in [0.4, 0.5) is 10.5 Å². The summed E-state index contributed by atoms with van der Waals surface area (Å²) < 4.78 is 1.61. The zero-order chi connectivity index (χ0) is 17.9. The Bertz CT molecular complexity index is 790. The van der Waals surface area contributed by atoms with Gasteiger partial charge >= 0.3 is 6.09 Å². The van der Waals surface area contributed by atoms with Crippen molar-refractivity contribution in [3.05, 3.63) is 46.8 Å². The molecule has 0 aliphatic carbocycles. The number of rotatable bonds is 5. The fraction of sp³-hybridized carbons (Fsp3) is 0.353. The molecule has 0 bridgehead atoms. The van der Waals surface area contributed by atoms with Gasteiger partial charge in [0.05, 0.1) is 47.9 Å². The number of nitrogens with zero attached hydrogens (tertiary/aromatic N) is 4. The maximum Gasteiger partial charge on any atom is 0.412 e. The molecule has 0 saturated heterocycles. The van der Waals surface area contributed by atoms with Crippen molar-refractivity contribution >= 4 is 11.8 Å². The number of carbonyl (C=O) groups is 1. The SMILES string of the molecule is Cc1nn(CC(C)O)c(C)c1N(Cc1cccc(C#N)c1)C(=O)O. The molecule has 24 heavy (non-hydrogen) atoms. The van der Waals surface area contributed by atoms with Gasteiger partial charge in [0.25, 0.3) is 0 Å². The molecular weight excluding hydrogens is 308 g/mol. The third kappa shape index (κ3) is 3.73. The van der Waals surface area contributed by atoms with Gasteiger partial charge in [0.15, 0.2) is 0 Å². The number of aryl methyl sites for hydroxylation is 1. The van der Waals surface area contributed by atoms with Crippen LogP contribution < -0.4 is 4.90 Å². The number of amides is 1. The first-order chi connectivity index (χ1) is 11.3. The number of hydrogen-bond acceptors (Lipinski definition) is 4. The summed E-state index contributed by atoms with van der Waals surface area (Å²) >= 11 is 0. The third-order valence-corrected chi connectivity index (χ3v) is 3.68. The highest BCUT2D eigenvalue weighted by Crippen LogP contribution is 2.26. The molecule has 1 amide bonds. The van der Waals surface area contributed by atoms with E-state index in [1.165, 1.54) is 4.90 Å². The second kappa shape index (κ2) is 7.15. The summed E-state index contributed by atoms with van der Waals surface area (Å²) in [6.07, 6.45) is -1.68. The Balaban J connectivity index is 2.39. The Labute approximate surface area is 140 Å². The smallest absolute Gasteiger partial charge is 0.412 e. The zero-order valence-electron chi connectivity index (χ0n) is 13.9.